The van der Waals surface area contributed by atoms with Crippen LogP contribution >= 0.6 is 0 Å². The Balaban J connectivity index is -0.0000000927. The van der Waals surface area contributed by atoms with Crippen LogP contribution in [0, 0.1) is 11.8 Å². The van der Waals surface area contributed by atoms with Crippen LogP contribution in [0.1, 0.15) is 27.7 Å². The zero-order chi connectivity index (χ0) is 29.4. The second-order valence-electron chi connectivity index (χ2n) is 10.8. The molecule has 0 amide bonds. The number of carbonyl (C=O) groups is 2. The molecule has 0 aromatic rings. The Bertz CT molecular complexity index is 444. The smallest absolute Gasteiger partial charge is 0.305 e. The van der Waals surface area contributed by atoms with Crippen LogP contribution in [-0.2, 0) is 54.3 Å². The second-order valence-corrected chi connectivity index (χ2v) is 10.8. The third kappa shape index (κ3) is 56.4. The first-order chi connectivity index (χ1) is 16.3. The second kappa shape index (κ2) is 33.4. The normalized spacial score (nSPS) is 10.5. The zero-order valence-electron chi connectivity index (χ0n) is 26.8. The number of aliphatic carboxylic acids is 2. The van der Waals surface area contributed by atoms with Gasteiger partial charge in [0.2, 0.25) is 0 Å². The molecule has 38 heavy (non-hydrogen) atoms. The predicted octanol–water partition coefficient (Wildman–Crippen LogP) is 1.53. The van der Waals surface area contributed by atoms with E-state index >= 15 is 0 Å². The van der Waals surface area contributed by atoms with Gasteiger partial charge >= 0.3 is 11.9 Å². The Morgan fingerprint density at radius 1 is 0.447 bits per heavy atom. The molecule has 0 aliphatic heterocycles. The van der Waals surface area contributed by atoms with Gasteiger partial charge in [-0.2, -0.15) is 0 Å². The van der Waals surface area contributed by atoms with Gasteiger partial charge in [0.25, 0.3) is 0 Å². The van der Waals surface area contributed by atoms with E-state index in [9.17, 15) is 9.59 Å². The minimum atomic E-state index is -0.741. The SMILES string of the molecule is CC(C)C(=O)O.CC(C)C(=O)O.CN(C)CCN(C)CCN(C)C.CN(C)CCN(C)CCN(C)C.[Ag].[Ag]. The number of carboxylic acid groups (broad SMARTS) is 2. The van der Waals surface area contributed by atoms with E-state index < -0.39 is 11.9 Å². The molecule has 0 atom stereocenters. The molecule has 0 heterocycles. The molecule has 2 N–H and O–H groups in total. The molecule has 0 rings (SSSR count). The quantitative estimate of drug-likeness (QED) is 0.256. The monoisotopic (exact) mass is 736 g/mol. The molecule has 0 fully saturated rings. The summed E-state index contributed by atoms with van der Waals surface area (Å²) in [5.74, 6) is -1.94. The molecule has 0 saturated carbocycles. The average molecular weight is 739 g/mol. The molecular formula is C26H62Ag2N6O4. The summed E-state index contributed by atoms with van der Waals surface area (Å²) in [6.45, 7) is 15.8. The van der Waals surface area contributed by atoms with Crippen LogP contribution in [0.4, 0.5) is 0 Å². The number of nitrogens with zero attached hydrogens (tertiary/aromatic N) is 6. The first kappa shape index (κ1) is 51.0. The van der Waals surface area contributed by atoms with Gasteiger partial charge < -0.3 is 39.6 Å². The molecule has 0 unspecified atom stereocenters. The van der Waals surface area contributed by atoms with E-state index in [0.717, 1.165) is 52.4 Å². The number of likely N-dealkylation sites (N-methyl/N-ethyl adjacent to an activating group) is 6. The third-order valence-electron chi connectivity index (χ3n) is 4.70. The molecular weight excluding hydrogens is 676 g/mol. The molecule has 0 aromatic carbocycles. The van der Waals surface area contributed by atoms with Crippen LogP contribution in [0.25, 0.3) is 0 Å². The first-order valence-corrected chi connectivity index (χ1v) is 12.7. The number of hydrogen-bond acceptors (Lipinski definition) is 8. The summed E-state index contributed by atoms with van der Waals surface area (Å²) in [5, 5.41) is 16.0. The molecule has 242 valence electrons. The van der Waals surface area contributed by atoms with E-state index in [1.807, 2.05) is 0 Å². The van der Waals surface area contributed by atoms with Gasteiger partial charge in [0.05, 0.1) is 11.8 Å². The van der Waals surface area contributed by atoms with Gasteiger partial charge in [0, 0.05) is 97.1 Å². The van der Waals surface area contributed by atoms with E-state index in [4.69, 9.17) is 10.2 Å². The van der Waals surface area contributed by atoms with Gasteiger partial charge in [-0.3, -0.25) is 9.59 Å². The van der Waals surface area contributed by atoms with Crippen molar-refractivity contribution in [1.29, 1.82) is 0 Å². The summed E-state index contributed by atoms with van der Waals surface area (Å²) in [5.41, 5.74) is 0. The van der Waals surface area contributed by atoms with Crippen LogP contribution < -0.4 is 0 Å². The largest absolute Gasteiger partial charge is 0.481 e. The summed E-state index contributed by atoms with van der Waals surface area (Å²) >= 11 is 0. The predicted molar refractivity (Wildman–Crippen MR) is 154 cm³/mol. The van der Waals surface area contributed by atoms with E-state index in [-0.39, 0.29) is 56.6 Å². The fourth-order valence-electron chi connectivity index (χ4n) is 1.71. The van der Waals surface area contributed by atoms with Crippen LogP contribution in [0.5, 0.6) is 0 Å². The average Bonchev–Trinajstić information content (AvgIpc) is 2.74. The Morgan fingerprint density at radius 3 is 0.658 bits per heavy atom. The Labute approximate surface area is 267 Å². The van der Waals surface area contributed by atoms with E-state index in [2.05, 4.69) is 99.9 Å². The number of hydrogen-bond donors (Lipinski definition) is 2. The molecule has 10 nitrogen and oxygen atoms in total. The molecule has 2 radical (unpaired) electrons. The van der Waals surface area contributed by atoms with Crippen molar-refractivity contribution in [2.45, 2.75) is 27.7 Å². The van der Waals surface area contributed by atoms with E-state index in [1.165, 1.54) is 0 Å². The van der Waals surface area contributed by atoms with Crippen molar-refractivity contribution in [3.63, 3.8) is 0 Å². The van der Waals surface area contributed by atoms with E-state index in [1.54, 1.807) is 27.7 Å². The Kier molecular flexibility index (Phi) is 44.8. The van der Waals surface area contributed by atoms with Crippen molar-refractivity contribution >= 4 is 11.9 Å². The van der Waals surface area contributed by atoms with Crippen molar-refractivity contribution in [1.82, 2.24) is 29.4 Å². The van der Waals surface area contributed by atoms with Gasteiger partial charge in [-0.15, -0.1) is 0 Å². The Morgan fingerprint density at radius 2 is 0.579 bits per heavy atom. The minimum absolute atomic E-state index is 0. The number of carboxylic acids is 2. The van der Waals surface area contributed by atoms with E-state index in [0.29, 0.717) is 0 Å². The summed E-state index contributed by atoms with van der Waals surface area (Å²) < 4.78 is 0. The summed E-state index contributed by atoms with van der Waals surface area (Å²) in [6.07, 6.45) is 0. The summed E-state index contributed by atoms with van der Waals surface area (Å²) in [7, 11) is 21.2. The first-order valence-electron chi connectivity index (χ1n) is 12.7. The topological polar surface area (TPSA) is 94.0 Å². The van der Waals surface area contributed by atoms with Crippen LogP contribution in [0.2, 0.25) is 0 Å². The van der Waals surface area contributed by atoms with Crippen LogP contribution in [0.3, 0.4) is 0 Å². The van der Waals surface area contributed by atoms with Crippen molar-refractivity contribution in [2.24, 2.45) is 11.8 Å². The van der Waals surface area contributed by atoms with Crippen LogP contribution in [-0.4, -0.2) is 174 Å². The number of rotatable bonds is 14. The molecule has 0 spiro atoms. The summed E-state index contributed by atoms with van der Waals surface area (Å²) in [4.78, 5) is 33.0. The third-order valence-corrected chi connectivity index (χ3v) is 4.70. The molecule has 0 aromatic heterocycles. The van der Waals surface area contributed by atoms with Gasteiger partial charge in [-0.05, 0) is 70.5 Å². The van der Waals surface area contributed by atoms with Gasteiger partial charge in [-0.25, -0.2) is 0 Å². The standard InChI is InChI=1S/2C9H23N3.2C4H8O2.2Ag/c2*1-10(2)6-8-12(5)9-7-11(3)4;2*1-3(2)4(5)6;;/h2*6-9H2,1-5H3;2*3H,1-2H3,(H,5,6);;. The fraction of sp³-hybridized carbons (Fsp3) is 0.923. The maximum absolute atomic E-state index is 9.70. The van der Waals surface area contributed by atoms with Crippen LogP contribution in [0.15, 0.2) is 0 Å². The van der Waals surface area contributed by atoms with Gasteiger partial charge in [0.15, 0.2) is 0 Å². The van der Waals surface area contributed by atoms with Gasteiger partial charge in [0.1, 0.15) is 0 Å². The Hall–Kier alpha value is 0.181. The maximum Gasteiger partial charge on any atom is 0.305 e. The van der Waals surface area contributed by atoms with Gasteiger partial charge in [-0.1, -0.05) is 27.7 Å². The maximum atomic E-state index is 9.70. The molecule has 0 aliphatic rings. The zero-order valence-corrected chi connectivity index (χ0v) is 29.8. The minimum Gasteiger partial charge on any atom is -0.481 e. The summed E-state index contributed by atoms with van der Waals surface area (Å²) in [6, 6.07) is 0. The van der Waals surface area contributed by atoms with Crippen molar-refractivity contribution in [2.75, 3.05) is 123 Å². The molecule has 0 bridgehead atoms. The van der Waals surface area contributed by atoms with Crippen molar-refractivity contribution < 1.29 is 64.6 Å². The fourth-order valence-corrected chi connectivity index (χ4v) is 1.71. The van der Waals surface area contributed by atoms with Crippen molar-refractivity contribution in [3.8, 4) is 0 Å². The molecule has 0 aliphatic carbocycles. The molecule has 12 heteroatoms. The van der Waals surface area contributed by atoms with Crippen molar-refractivity contribution in [3.05, 3.63) is 0 Å². The molecule has 0 saturated heterocycles.